The summed E-state index contributed by atoms with van der Waals surface area (Å²) >= 11 is 0. The van der Waals surface area contributed by atoms with Crippen LogP contribution in [0.15, 0.2) is 84.9 Å². The third-order valence-corrected chi connectivity index (χ3v) is 9.61. The van der Waals surface area contributed by atoms with Crippen molar-refractivity contribution in [1.29, 1.82) is 0 Å². The minimum Gasteiger partial charge on any atom is -0.385 e. The SMILES string of the molecule is CCCCNc1cc(C)c(-n2c3ccccc3c3cc4c(cc32)c2ccccc2n4-c2c(C)cc(NCCCC)cc2C)c(C)c1. The first kappa shape index (κ1) is 30.0. The maximum atomic E-state index is 3.65. The number of nitrogens with one attached hydrogen (secondary N) is 2. The molecule has 0 radical (unpaired) electrons. The second kappa shape index (κ2) is 12.2. The number of hydrogen-bond donors (Lipinski definition) is 2. The molecule has 4 nitrogen and oxygen atoms in total. The lowest BCUT2D eigenvalue weighted by atomic mass is 10.1. The maximum Gasteiger partial charge on any atom is 0.0549 e. The molecule has 0 aliphatic rings. The van der Waals surface area contributed by atoms with Gasteiger partial charge in [-0.3, -0.25) is 0 Å². The van der Waals surface area contributed by atoms with Gasteiger partial charge in [0.1, 0.15) is 0 Å². The third-order valence-electron chi connectivity index (χ3n) is 9.61. The summed E-state index contributed by atoms with van der Waals surface area (Å²) in [6.45, 7) is 15.5. The van der Waals surface area contributed by atoms with Crippen LogP contribution in [0.5, 0.6) is 0 Å². The summed E-state index contributed by atoms with van der Waals surface area (Å²) in [6, 6.07) is 31.9. The molecule has 5 aromatic carbocycles. The van der Waals surface area contributed by atoms with Crippen LogP contribution in [-0.2, 0) is 0 Å². The standard InChI is InChI=1S/C42H46N4/c1-7-9-19-43-31-21-27(3)41(28(4)22-31)45-37-17-13-11-15-33(37)35-26-40-36(25-39(35)45)34-16-12-14-18-38(34)46(40)42-29(5)23-32(24-30(42)6)44-20-10-8-2/h11-18,21-26,43-44H,7-10,19-20H2,1-6H3. The van der Waals surface area contributed by atoms with Crippen LogP contribution in [0.3, 0.4) is 0 Å². The minimum absolute atomic E-state index is 1.00. The number of unbranched alkanes of at least 4 members (excludes halogenated alkanes) is 2. The van der Waals surface area contributed by atoms with Crippen molar-refractivity contribution in [3.63, 3.8) is 0 Å². The normalized spacial score (nSPS) is 11.8. The zero-order valence-electron chi connectivity index (χ0n) is 28.2. The van der Waals surface area contributed by atoms with Gasteiger partial charge in [-0.1, -0.05) is 63.1 Å². The fraction of sp³-hybridized carbons (Fsp3) is 0.286. The fourth-order valence-corrected chi connectivity index (χ4v) is 7.55. The molecule has 7 aromatic rings. The first-order chi connectivity index (χ1) is 22.4. The molecule has 0 fully saturated rings. The molecule has 0 unspecified atom stereocenters. The van der Waals surface area contributed by atoms with Crippen molar-refractivity contribution in [3.05, 3.63) is 107 Å². The maximum absolute atomic E-state index is 3.65. The van der Waals surface area contributed by atoms with Crippen LogP contribution in [0, 0.1) is 27.7 Å². The Kier molecular flexibility index (Phi) is 7.98. The molecule has 0 saturated heterocycles. The topological polar surface area (TPSA) is 33.9 Å². The largest absolute Gasteiger partial charge is 0.385 e. The minimum atomic E-state index is 1.00. The molecular weight excluding hydrogens is 560 g/mol. The van der Waals surface area contributed by atoms with Gasteiger partial charge < -0.3 is 19.8 Å². The van der Waals surface area contributed by atoms with Gasteiger partial charge in [-0.2, -0.15) is 0 Å². The number of hydrogen-bond acceptors (Lipinski definition) is 2. The molecule has 0 atom stereocenters. The van der Waals surface area contributed by atoms with E-state index in [0.717, 1.165) is 13.1 Å². The van der Waals surface area contributed by atoms with Crippen LogP contribution < -0.4 is 10.6 Å². The molecule has 7 rings (SSSR count). The van der Waals surface area contributed by atoms with E-state index in [-0.39, 0.29) is 0 Å². The van der Waals surface area contributed by atoms with Gasteiger partial charge in [-0.05, 0) is 111 Å². The Labute approximate surface area is 273 Å². The highest BCUT2D eigenvalue weighted by atomic mass is 15.0. The number of para-hydroxylation sites is 2. The van der Waals surface area contributed by atoms with Crippen LogP contribution >= 0.6 is 0 Å². The van der Waals surface area contributed by atoms with Crippen LogP contribution in [-0.4, -0.2) is 22.2 Å². The Morgan fingerprint density at radius 1 is 0.457 bits per heavy atom. The quantitative estimate of drug-likeness (QED) is 0.152. The molecule has 0 saturated carbocycles. The number of fused-ring (bicyclic) bond motifs is 6. The number of anilines is 2. The van der Waals surface area contributed by atoms with Crippen molar-refractivity contribution in [3.8, 4) is 11.4 Å². The average Bonchev–Trinajstić information content (AvgIpc) is 3.52. The van der Waals surface area contributed by atoms with Gasteiger partial charge in [0.05, 0.1) is 33.4 Å². The monoisotopic (exact) mass is 606 g/mol. The van der Waals surface area contributed by atoms with Crippen LogP contribution in [0.4, 0.5) is 11.4 Å². The van der Waals surface area contributed by atoms with Crippen LogP contribution in [0.2, 0.25) is 0 Å². The third kappa shape index (κ3) is 5.01. The van der Waals surface area contributed by atoms with E-state index >= 15 is 0 Å². The van der Waals surface area contributed by atoms with Gasteiger partial charge in [-0.25, -0.2) is 0 Å². The highest BCUT2D eigenvalue weighted by molar-refractivity contribution is 6.19. The Bertz CT molecular complexity index is 2020. The van der Waals surface area contributed by atoms with Crippen molar-refractivity contribution in [2.24, 2.45) is 0 Å². The smallest absolute Gasteiger partial charge is 0.0549 e. The van der Waals surface area contributed by atoms with E-state index in [1.54, 1.807) is 0 Å². The van der Waals surface area contributed by atoms with Gasteiger partial charge in [-0.15, -0.1) is 0 Å². The summed E-state index contributed by atoms with van der Waals surface area (Å²) in [7, 11) is 0. The van der Waals surface area contributed by atoms with Crippen molar-refractivity contribution in [2.75, 3.05) is 23.7 Å². The average molecular weight is 607 g/mol. The van der Waals surface area contributed by atoms with Gasteiger partial charge >= 0.3 is 0 Å². The molecule has 234 valence electrons. The van der Waals surface area contributed by atoms with Gasteiger partial charge in [0, 0.05) is 46.0 Å². The Balaban J connectivity index is 1.49. The fourth-order valence-electron chi connectivity index (χ4n) is 7.55. The van der Waals surface area contributed by atoms with E-state index in [1.165, 1.54) is 114 Å². The van der Waals surface area contributed by atoms with Gasteiger partial charge in [0.2, 0.25) is 0 Å². The molecule has 2 N–H and O–H groups in total. The molecule has 0 amide bonds. The molecule has 0 spiro atoms. The molecule has 4 heteroatoms. The van der Waals surface area contributed by atoms with E-state index in [1.807, 2.05) is 0 Å². The summed E-state index contributed by atoms with van der Waals surface area (Å²) in [5, 5.41) is 12.4. The highest BCUT2D eigenvalue weighted by Crippen LogP contribution is 2.41. The van der Waals surface area contributed by atoms with E-state index in [4.69, 9.17) is 0 Å². The predicted octanol–water partition coefficient (Wildman–Crippen LogP) is 11.5. The second-order valence-corrected chi connectivity index (χ2v) is 13.1. The molecule has 2 aromatic heterocycles. The molecule has 0 aliphatic carbocycles. The highest BCUT2D eigenvalue weighted by Gasteiger charge is 2.21. The Hall–Kier alpha value is -4.70. The molecule has 0 bridgehead atoms. The lowest BCUT2D eigenvalue weighted by molar-refractivity contribution is 0.834. The van der Waals surface area contributed by atoms with Crippen LogP contribution in [0.25, 0.3) is 55.0 Å². The van der Waals surface area contributed by atoms with Gasteiger partial charge in [0.15, 0.2) is 0 Å². The van der Waals surface area contributed by atoms with E-state index in [2.05, 4.69) is 146 Å². The van der Waals surface area contributed by atoms with E-state index in [9.17, 15) is 0 Å². The second-order valence-electron chi connectivity index (χ2n) is 13.1. The van der Waals surface area contributed by atoms with Crippen LogP contribution in [0.1, 0.15) is 61.8 Å². The first-order valence-corrected chi connectivity index (χ1v) is 17.1. The lowest BCUT2D eigenvalue weighted by Gasteiger charge is -2.18. The number of nitrogens with zero attached hydrogens (tertiary/aromatic N) is 2. The van der Waals surface area contributed by atoms with Crippen molar-refractivity contribution in [2.45, 2.75) is 67.2 Å². The summed E-state index contributed by atoms with van der Waals surface area (Å²) in [6.07, 6.45) is 4.73. The predicted molar refractivity (Wildman–Crippen MR) is 201 cm³/mol. The van der Waals surface area contributed by atoms with Gasteiger partial charge in [0.25, 0.3) is 0 Å². The first-order valence-electron chi connectivity index (χ1n) is 17.1. The van der Waals surface area contributed by atoms with Crippen molar-refractivity contribution in [1.82, 2.24) is 9.13 Å². The zero-order valence-corrected chi connectivity index (χ0v) is 28.2. The summed E-state index contributed by atoms with van der Waals surface area (Å²) in [5.74, 6) is 0. The number of aryl methyl sites for hydroxylation is 4. The number of aromatic nitrogens is 2. The summed E-state index contributed by atoms with van der Waals surface area (Å²) in [5.41, 5.74) is 15.1. The molecular formula is C42H46N4. The van der Waals surface area contributed by atoms with Crippen molar-refractivity contribution < 1.29 is 0 Å². The Morgan fingerprint density at radius 2 is 0.826 bits per heavy atom. The summed E-state index contributed by atoms with van der Waals surface area (Å²) < 4.78 is 5.01. The Morgan fingerprint density at radius 3 is 1.20 bits per heavy atom. The molecule has 0 aliphatic heterocycles. The number of rotatable bonds is 10. The molecule has 46 heavy (non-hydrogen) atoms. The number of benzene rings is 5. The zero-order chi connectivity index (χ0) is 31.9. The van der Waals surface area contributed by atoms with E-state index < -0.39 is 0 Å². The van der Waals surface area contributed by atoms with Crippen molar-refractivity contribution >= 4 is 55.0 Å². The molecule has 2 heterocycles. The summed E-state index contributed by atoms with van der Waals surface area (Å²) in [4.78, 5) is 0. The van der Waals surface area contributed by atoms with E-state index in [0.29, 0.717) is 0 Å². The lowest BCUT2D eigenvalue weighted by Crippen LogP contribution is -2.05.